The van der Waals surface area contributed by atoms with Gasteiger partial charge in [-0.15, -0.1) is 0 Å². The number of fused-ring (bicyclic) bond motifs is 1. The number of halogens is 1. The summed E-state index contributed by atoms with van der Waals surface area (Å²) in [7, 11) is 0. The molecular formula is C14H14ClNO2. The molecule has 0 saturated carbocycles. The fourth-order valence-electron chi connectivity index (χ4n) is 2.23. The molecule has 1 aromatic carbocycles. The second-order valence-electron chi connectivity index (χ2n) is 4.54. The maximum Gasteiger partial charge on any atom is 0.187 e. The molecule has 1 aliphatic rings. The highest BCUT2D eigenvalue weighted by atomic mass is 35.5. The van der Waals surface area contributed by atoms with Crippen molar-refractivity contribution in [3.05, 3.63) is 40.0 Å². The van der Waals surface area contributed by atoms with Gasteiger partial charge in [0.05, 0.1) is 18.7 Å². The Morgan fingerprint density at radius 1 is 1.17 bits per heavy atom. The summed E-state index contributed by atoms with van der Waals surface area (Å²) in [5.74, 6) is 0. The van der Waals surface area contributed by atoms with Gasteiger partial charge in [0.25, 0.3) is 0 Å². The van der Waals surface area contributed by atoms with Gasteiger partial charge in [0.2, 0.25) is 0 Å². The van der Waals surface area contributed by atoms with E-state index in [2.05, 4.69) is 24.0 Å². The van der Waals surface area contributed by atoms with Crippen LogP contribution in [0.2, 0.25) is 5.15 Å². The maximum atomic E-state index is 6.24. The summed E-state index contributed by atoms with van der Waals surface area (Å²) in [6, 6.07) is 6.18. The van der Waals surface area contributed by atoms with Crippen LogP contribution >= 0.6 is 11.6 Å². The number of pyridine rings is 1. The molecule has 0 N–H and O–H groups in total. The van der Waals surface area contributed by atoms with Gasteiger partial charge in [0, 0.05) is 10.9 Å². The van der Waals surface area contributed by atoms with E-state index in [1.807, 2.05) is 13.0 Å². The van der Waals surface area contributed by atoms with Gasteiger partial charge in [-0.05, 0) is 31.0 Å². The Morgan fingerprint density at radius 3 is 2.56 bits per heavy atom. The number of aromatic nitrogens is 1. The number of hydrogen-bond acceptors (Lipinski definition) is 3. The molecule has 0 amide bonds. The Labute approximate surface area is 111 Å². The highest BCUT2D eigenvalue weighted by molar-refractivity contribution is 6.30. The first-order valence-corrected chi connectivity index (χ1v) is 6.34. The summed E-state index contributed by atoms with van der Waals surface area (Å²) >= 11 is 6.24. The SMILES string of the molecule is Cc1ccc(C)c2nc(Cl)c(C3OCCO3)cc12. The second-order valence-corrected chi connectivity index (χ2v) is 4.90. The molecule has 2 aromatic rings. The standard InChI is InChI=1S/C14H14ClNO2/c1-8-3-4-9(2)12-10(8)7-11(13(15)16-12)14-17-5-6-18-14/h3-4,7,14H,5-6H2,1-2H3. The molecule has 0 bridgehead atoms. The normalized spacial score (nSPS) is 16.6. The van der Waals surface area contributed by atoms with E-state index in [0.29, 0.717) is 18.4 Å². The van der Waals surface area contributed by atoms with Gasteiger partial charge in [0.15, 0.2) is 6.29 Å². The smallest absolute Gasteiger partial charge is 0.187 e. The number of nitrogens with zero attached hydrogens (tertiary/aromatic N) is 1. The van der Waals surface area contributed by atoms with Crippen LogP contribution in [0.5, 0.6) is 0 Å². The zero-order chi connectivity index (χ0) is 12.7. The van der Waals surface area contributed by atoms with Gasteiger partial charge in [-0.2, -0.15) is 0 Å². The third-order valence-electron chi connectivity index (χ3n) is 3.26. The molecule has 94 valence electrons. The van der Waals surface area contributed by atoms with Crippen LogP contribution in [-0.2, 0) is 9.47 Å². The number of aryl methyl sites for hydroxylation is 2. The van der Waals surface area contributed by atoms with Crippen molar-refractivity contribution < 1.29 is 9.47 Å². The molecule has 1 fully saturated rings. The number of rotatable bonds is 1. The fourth-order valence-corrected chi connectivity index (χ4v) is 2.46. The summed E-state index contributed by atoms with van der Waals surface area (Å²) in [4.78, 5) is 4.49. The fraction of sp³-hybridized carbons (Fsp3) is 0.357. The molecule has 0 unspecified atom stereocenters. The lowest BCUT2D eigenvalue weighted by Crippen LogP contribution is -2.01. The van der Waals surface area contributed by atoms with Gasteiger partial charge in [-0.1, -0.05) is 23.7 Å². The topological polar surface area (TPSA) is 31.4 Å². The van der Waals surface area contributed by atoms with Crippen LogP contribution in [-0.4, -0.2) is 18.2 Å². The molecule has 0 radical (unpaired) electrons. The van der Waals surface area contributed by atoms with Crippen molar-refractivity contribution in [2.75, 3.05) is 13.2 Å². The molecule has 1 aromatic heterocycles. The molecule has 18 heavy (non-hydrogen) atoms. The number of ether oxygens (including phenoxy) is 2. The van der Waals surface area contributed by atoms with E-state index in [4.69, 9.17) is 21.1 Å². The van der Waals surface area contributed by atoms with E-state index >= 15 is 0 Å². The van der Waals surface area contributed by atoms with Crippen molar-refractivity contribution in [3.63, 3.8) is 0 Å². The molecule has 2 heterocycles. The number of hydrogen-bond donors (Lipinski definition) is 0. The van der Waals surface area contributed by atoms with Crippen molar-refractivity contribution in [2.45, 2.75) is 20.1 Å². The van der Waals surface area contributed by atoms with Crippen LogP contribution in [0.15, 0.2) is 18.2 Å². The minimum atomic E-state index is -0.380. The lowest BCUT2D eigenvalue weighted by molar-refractivity contribution is -0.0441. The molecule has 1 saturated heterocycles. The van der Waals surface area contributed by atoms with Crippen molar-refractivity contribution in [2.24, 2.45) is 0 Å². The average Bonchev–Trinajstić information content (AvgIpc) is 2.87. The highest BCUT2D eigenvalue weighted by Crippen LogP contribution is 2.32. The van der Waals surface area contributed by atoms with Crippen LogP contribution in [0.1, 0.15) is 23.0 Å². The van der Waals surface area contributed by atoms with E-state index in [-0.39, 0.29) is 6.29 Å². The van der Waals surface area contributed by atoms with Crippen molar-refractivity contribution in [1.82, 2.24) is 4.98 Å². The minimum Gasteiger partial charge on any atom is -0.346 e. The van der Waals surface area contributed by atoms with Crippen molar-refractivity contribution >= 4 is 22.5 Å². The van der Waals surface area contributed by atoms with Crippen LogP contribution in [0, 0.1) is 13.8 Å². The predicted octanol–water partition coefficient (Wildman–Crippen LogP) is 3.55. The second kappa shape index (κ2) is 4.50. The molecule has 3 rings (SSSR count). The van der Waals surface area contributed by atoms with Gasteiger partial charge in [0.1, 0.15) is 5.15 Å². The summed E-state index contributed by atoms with van der Waals surface area (Å²) in [6.45, 7) is 5.31. The van der Waals surface area contributed by atoms with E-state index in [9.17, 15) is 0 Å². The Hall–Kier alpha value is -1.16. The molecular weight excluding hydrogens is 250 g/mol. The summed E-state index contributed by atoms with van der Waals surface area (Å²) < 4.78 is 11.0. The molecule has 0 spiro atoms. The van der Waals surface area contributed by atoms with Crippen LogP contribution in [0.25, 0.3) is 10.9 Å². The maximum absolute atomic E-state index is 6.24. The number of benzene rings is 1. The van der Waals surface area contributed by atoms with E-state index < -0.39 is 0 Å². The van der Waals surface area contributed by atoms with Crippen LogP contribution in [0.3, 0.4) is 0 Å². The third kappa shape index (κ3) is 1.88. The summed E-state index contributed by atoms with van der Waals surface area (Å²) in [6.07, 6.45) is -0.380. The van der Waals surface area contributed by atoms with E-state index in [1.54, 1.807) is 0 Å². The molecule has 1 aliphatic heterocycles. The van der Waals surface area contributed by atoms with Crippen LogP contribution < -0.4 is 0 Å². The van der Waals surface area contributed by atoms with Gasteiger partial charge in [-0.3, -0.25) is 0 Å². The van der Waals surface area contributed by atoms with Crippen LogP contribution in [0.4, 0.5) is 0 Å². The van der Waals surface area contributed by atoms with Gasteiger partial charge < -0.3 is 9.47 Å². The lowest BCUT2D eigenvalue weighted by atomic mass is 10.0. The van der Waals surface area contributed by atoms with Gasteiger partial charge in [-0.25, -0.2) is 4.98 Å². The zero-order valence-corrected chi connectivity index (χ0v) is 11.1. The third-order valence-corrected chi connectivity index (χ3v) is 3.56. The highest BCUT2D eigenvalue weighted by Gasteiger charge is 2.22. The Bertz CT molecular complexity index is 606. The largest absolute Gasteiger partial charge is 0.346 e. The van der Waals surface area contributed by atoms with E-state index in [0.717, 1.165) is 22.0 Å². The molecule has 3 nitrogen and oxygen atoms in total. The Kier molecular flexibility index (Phi) is 2.98. The first-order chi connectivity index (χ1) is 8.66. The summed E-state index contributed by atoms with van der Waals surface area (Å²) in [5, 5.41) is 1.57. The van der Waals surface area contributed by atoms with Gasteiger partial charge >= 0.3 is 0 Å². The molecule has 0 atom stereocenters. The Balaban J connectivity index is 2.22. The lowest BCUT2D eigenvalue weighted by Gasteiger charge is -2.13. The molecule has 4 heteroatoms. The van der Waals surface area contributed by atoms with Crippen molar-refractivity contribution in [1.29, 1.82) is 0 Å². The predicted molar refractivity (Wildman–Crippen MR) is 70.9 cm³/mol. The average molecular weight is 264 g/mol. The molecule has 0 aliphatic carbocycles. The zero-order valence-electron chi connectivity index (χ0n) is 10.4. The minimum absolute atomic E-state index is 0.380. The van der Waals surface area contributed by atoms with E-state index in [1.165, 1.54) is 5.56 Å². The first-order valence-electron chi connectivity index (χ1n) is 5.96. The van der Waals surface area contributed by atoms with Crippen molar-refractivity contribution in [3.8, 4) is 0 Å². The quantitative estimate of drug-likeness (QED) is 0.738. The monoisotopic (exact) mass is 263 g/mol. The first kappa shape index (κ1) is 11.9. The summed E-state index contributed by atoms with van der Waals surface area (Å²) in [5.41, 5.74) is 4.06. The Morgan fingerprint density at radius 2 is 1.83 bits per heavy atom.